The molecule has 8 nitrogen and oxygen atoms in total. The van der Waals surface area contributed by atoms with Crippen LogP contribution >= 0.6 is 0 Å². The molecule has 2 unspecified atom stereocenters. The number of hydrogen-bond donors (Lipinski definition) is 2. The predicted octanol–water partition coefficient (Wildman–Crippen LogP) is 3.38. The zero-order chi connectivity index (χ0) is 25.8. The Bertz CT molecular complexity index is 1380. The van der Waals surface area contributed by atoms with E-state index in [2.05, 4.69) is 15.7 Å². The number of benzene rings is 2. The number of halogens is 3. The van der Waals surface area contributed by atoms with Gasteiger partial charge in [-0.25, -0.2) is 0 Å². The molecule has 3 aromatic rings. The van der Waals surface area contributed by atoms with Crippen molar-refractivity contribution >= 4 is 23.4 Å². The molecule has 2 aliphatic rings. The van der Waals surface area contributed by atoms with E-state index in [1.165, 1.54) is 29.2 Å². The maximum atomic E-state index is 13.4. The number of carbonyl (C=O) groups is 3. The number of amides is 3. The van der Waals surface area contributed by atoms with Gasteiger partial charge in [-0.1, -0.05) is 18.2 Å². The maximum absolute atomic E-state index is 13.4. The minimum atomic E-state index is -4.50. The van der Waals surface area contributed by atoms with Crippen molar-refractivity contribution in [2.75, 3.05) is 11.9 Å². The Morgan fingerprint density at radius 1 is 1.11 bits per heavy atom. The summed E-state index contributed by atoms with van der Waals surface area (Å²) in [7, 11) is 1.71. The number of aryl methyl sites for hydroxylation is 2. The number of carbonyl (C=O) groups excluding carboxylic acids is 3. The number of hydrogen-bond acceptors (Lipinski definition) is 4. The highest BCUT2D eigenvalue weighted by Gasteiger charge is 2.45. The van der Waals surface area contributed by atoms with Gasteiger partial charge in [0.05, 0.1) is 22.9 Å². The first-order valence-electron chi connectivity index (χ1n) is 11.3. The predicted molar refractivity (Wildman–Crippen MR) is 124 cm³/mol. The van der Waals surface area contributed by atoms with Crippen LogP contribution in [-0.4, -0.2) is 51.0 Å². The van der Waals surface area contributed by atoms with Crippen LogP contribution in [0.1, 0.15) is 38.5 Å². The second-order valence-electron chi connectivity index (χ2n) is 8.93. The molecule has 0 saturated carbocycles. The number of alkyl halides is 3. The van der Waals surface area contributed by atoms with Crippen molar-refractivity contribution in [1.29, 1.82) is 0 Å². The highest BCUT2D eigenvalue weighted by atomic mass is 19.4. The summed E-state index contributed by atoms with van der Waals surface area (Å²) in [4.78, 5) is 40.7. The van der Waals surface area contributed by atoms with Crippen molar-refractivity contribution in [2.24, 2.45) is 7.05 Å². The number of anilines is 1. The Morgan fingerprint density at radius 2 is 1.86 bits per heavy atom. The van der Waals surface area contributed by atoms with E-state index in [0.29, 0.717) is 17.5 Å². The standard InChI is InChI=1S/C25H22F3N5O3/c1-13-10-20(31-32(13)2)22(34)30-19-8-9-33-21(19)23(35)29-18-7-6-15(12-17(18)24(33)36)14-4-3-5-16(11-14)25(26,27)28/h3-7,10-12,19,21H,8-9H2,1-2H3,(H,29,35)(H,30,34). The van der Waals surface area contributed by atoms with Gasteiger partial charge in [-0.3, -0.25) is 19.1 Å². The van der Waals surface area contributed by atoms with Gasteiger partial charge >= 0.3 is 6.18 Å². The first kappa shape index (κ1) is 23.6. The van der Waals surface area contributed by atoms with Crippen LogP contribution in [0.3, 0.4) is 0 Å². The van der Waals surface area contributed by atoms with Gasteiger partial charge in [-0.15, -0.1) is 0 Å². The summed E-state index contributed by atoms with van der Waals surface area (Å²) in [6.45, 7) is 2.04. The van der Waals surface area contributed by atoms with E-state index in [4.69, 9.17) is 0 Å². The third kappa shape index (κ3) is 4.10. The van der Waals surface area contributed by atoms with E-state index in [1.54, 1.807) is 23.9 Å². The average Bonchev–Trinajstić information content (AvgIpc) is 3.38. The summed E-state index contributed by atoms with van der Waals surface area (Å²) in [5, 5.41) is 9.72. The largest absolute Gasteiger partial charge is 0.416 e. The smallest absolute Gasteiger partial charge is 0.345 e. The lowest BCUT2D eigenvalue weighted by atomic mass is 9.99. The monoisotopic (exact) mass is 497 g/mol. The topological polar surface area (TPSA) is 96.3 Å². The summed E-state index contributed by atoms with van der Waals surface area (Å²) in [5.41, 5.74) is 1.36. The van der Waals surface area contributed by atoms with E-state index >= 15 is 0 Å². The molecular formula is C25H22F3N5O3. The third-order valence-electron chi connectivity index (χ3n) is 6.62. The zero-order valence-electron chi connectivity index (χ0n) is 19.4. The number of aromatic nitrogens is 2. The van der Waals surface area contributed by atoms with Crippen molar-refractivity contribution in [3.05, 3.63) is 71.0 Å². The summed E-state index contributed by atoms with van der Waals surface area (Å²) >= 11 is 0. The molecule has 0 radical (unpaired) electrons. The van der Waals surface area contributed by atoms with E-state index in [-0.39, 0.29) is 23.5 Å². The fraction of sp³-hybridized carbons (Fsp3) is 0.280. The molecule has 0 aliphatic carbocycles. The van der Waals surface area contributed by atoms with Gasteiger partial charge in [0.2, 0.25) is 5.91 Å². The Hall–Kier alpha value is -4.15. The summed E-state index contributed by atoms with van der Waals surface area (Å²) < 4.78 is 41.1. The first-order chi connectivity index (χ1) is 17.0. The minimum Gasteiger partial charge on any atom is -0.345 e. The minimum absolute atomic E-state index is 0.174. The molecule has 3 heterocycles. The lowest BCUT2D eigenvalue weighted by Crippen LogP contribution is -2.51. The average molecular weight is 497 g/mol. The maximum Gasteiger partial charge on any atom is 0.416 e. The van der Waals surface area contributed by atoms with Gasteiger partial charge in [-0.05, 0) is 54.8 Å². The van der Waals surface area contributed by atoms with Crippen LogP contribution in [0.25, 0.3) is 11.1 Å². The number of nitrogens with zero attached hydrogens (tertiary/aromatic N) is 3. The first-order valence-corrected chi connectivity index (χ1v) is 11.3. The van der Waals surface area contributed by atoms with Crippen LogP contribution in [0.15, 0.2) is 48.5 Å². The molecule has 2 N–H and O–H groups in total. The van der Waals surface area contributed by atoms with Crippen LogP contribution in [0, 0.1) is 6.92 Å². The summed E-state index contributed by atoms with van der Waals surface area (Å²) in [5.74, 6) is -1.33. The molecular weight excluding hydrogens is 475 g/mol. The molecule has 11 heteroatoms. The van der Waals surface area contributed by atoms with Crippen molar-refractivity contribution in [3.63, 3.8) is 0 Å². The second-order valence-corrected chi connectivity index (χ2v) is 8.93. The van der Waals surface area contributed by atoms with Crippen LogP contribution in [0.2, 0.25) is 0 Å². The van der Waals surface area contributed by atoms with Crippen molar-refractivity contribution in [3.8, 4) is 11.1 Å². The van der Waals surface area contributed by atoms with E-state index in [9.17, 15) is 27.6 Å². The van der Waals surface area contributed by atoms with Crippen molar-refractivity contribution in [1.82, 2.24) is 20.0 Å². The number of rotatable bonds is 3. The lowest BCUT2D eigenvalue weighted by Gasteiger charge is -2.24. The molecule has 1 saturated heterocycles. The Kier molecular flexibility index (Phi) is 5.57. The molecule has 0 spiro atoms. The van der Waals surface area contributed by atoms with Crippen LogP contribution in [0.4, 0.5) is 18.9 Å². The van der Waals surface area contributed by atoms with Crippen LogP contribution in [0.5, 0.6) is 0 Å². The molecule has 36 heavy (non-hydrogen) atoms. The van der Waals surface area contributed by atoms with Gasteiger partial charge in [0.25, 0.3) is 11.8 Å². The quantitative estimate of drug-likeness (QED) is 0.580. The summed E-state index contributed by atoms with van der Waals surface area (Å²) in [6, 6.07) is 9.45. The Balaban J connectivity index is 1.42. The lowest BCUT2D eigenvalue weighted by molar-refractivity contribution is -0.137. The van der Waals surface area contributed by atoms with E-state index in [0.717, 1.165) is 17.8 Å². The van der Waals surface area contributed by atoms with Crippen molar-refractivity contribution in [2.45, 2.75) is 31.6 Å². The van der Waals surface area contributed by atoms with Gasteiger partial charge in [0.15, 0.2) is 0 Å². The normalized spacial score (nSPS) is 19.4. The van der Waals surface area contributed by atoms with Gasteiger partial charge in [0.1, 0.15) is 11.7 Å². The second kappa shape index (κ2) is 8.51. The Labute approximate surface area is 204 Å². The highest BCUT2D eigenvalue weighted by molar-refractivity contribution is 6.11. The third-order valence-corrected chi connectivity index (χ3v) is 6.62. The highest BCUT2D eigenvalue weighted by Crippen LogP contribution is 2.35. The molecule has 2 atom stereocenters. The van der Waals surface area contributed by atoms with E-state index < -0.39 is 41.5 Å². The van der Waals surface area contributed by atoms with E-state index in [1.807, 2.05) is 6.92 Å². The molecule has 1 fully saturated rings. The van der Waals surface area contributed by atoms with Gasteiger partial charge < -0.3 is 15.5 Å². The molecule has 1 aromatic heterocycles. The molecule has 3 amide bonds. The summed E-state index contributed by atoms with van der Waals surface area (Å²) in [6.07, 6.45) is -4.13. The SMILES string of the molecule is Cc1cc(C(=O)NC2CCN3C(=O)c4cc(-c5cccc(C(F)(F)F)c5)ccc4NC(=O)C23)nn1C. The molecule has 5 rings (SSSR count). The van der Waals surface area contributed by atoms with Crippen LogP contribution < -0.4 is 10.6 Å². The number of fused-ring (bicyclic) bond motifs is 2. The van der Waals surface area contributed by atoms with Gasteiger partial charge in [-0.2, -0.15) is 18.3 Å². The molecule has 0 bridgehead atoms. The van der Waals surface area contributed by atoms with Gasteiger partial charge in [0, 0.05) is 19.3 Å². The van der Waals surface area contributed by atoms with Crippen LogP contribution in [-0.2, 0) is 18.0 Å². The molecule has 186 valence electrons. The Morgan fingerprint density at radius 3 is 2.56 bits per heavy atom. The van der Waals surface area contributed by atoms with Crippen molar-refractivity contribution < 1.29 is 27.6 Å². The zero-order valence-corrected chi connectivity index (χ0v) is 19.4. The number of nitrogens with one attached hydrogen (secondary N) is 2. The molecule has 2 aromatic carbocycles. The fourth-order valence-electron chi connectivity index (χ4n) is 4.66. The molecule has 2 aliphatic heterocycles. The fourth-order valence-corrected chi connectivity index (χ4v) is 4.66.